The van der Waals surface area contributed by atoms with Crippen molar-refractivity contribution in [1.29, 1.82) is 0 Å². The monoisotopic (exact) mass is 161 g/mol. The molecule has 1 aliphatic rings. The van der Waals surface area contributed by atoms with Gasteiger partial charge in [0.2, 0.25) is 0 Å². The maximum atomic E-state index is 4.67. The molecule has 1 aromatic rings. The lowest BCUT2D eigenvalue weighted by Crippen LogP contribution is -2.23. The van der Waals surface area contributed by atoms with Gasteiger partial charge in [0.15, 0.2) is 0 Å². The molecule has 0 unspecified atom stereocenters. The molecule has 1 aromatic carbocycles. The first-order chi connectivity index (χ1) is 5.42. The summed E-state index contributed by atoms with van der Waals surface area (Å²) >= 11 is 4.67. The van der Waals surface area contributed by atoms with Gasteiger partial charge in [0.25, 0.3) is 0 Å². The number of nitrogens with zero attached hydrogens (tertiary/aromatic N) is 3. The summed E-state index contributed by atoms with van der Waals surface area (Å²) in [5.74, 6) is 0. The average Bonchev–Trinajstić information content (AvgIpc) is 2.50. The van der Waals surface area contributed by atoms with E-state index in [4.69, 9.17) is 0 Å². The molecule has 0 saturated heterocycles. The summed E-state index contributed by atoms with van der Waals surface area (Å²) in [6, 6.07) is 5.53. The summed E-state index contributed by atoms with van der Waals surface area (Å²) < 4.78 is 0. The van der Waals surface area contributed by atoms with Crippen LogP contribution in [-0.4, -0.2) is 5.02 Å². The highest BCUT2D eigenvalue weighted by molar-refractivity contribution is 7.78. The number of rotatable bonds is 0. The third-order valence-corrected chi connectivity index (χ3v) is 1.64. The van der Waals surface area contributed by atoms with Crippen LogP contribution in [0.3, 0.4) is 0 Å². The molecular formula is C7H3N3S. The molecule has 0 saturated carbocycles. The molecule has 3 nitrogen and oxygen atoms in total. The lowest BCUT2D eigenvalue weighted by atomic mass is 10.3. The Morgan fingerprint density at radius 2 is 2.27 bits per heavy atom. The van der Waals surface area contributed by atoms with Crippen LogP contribution in [-0.2, 0) is 0 Å². The van der Waals surface area contributed by atoms with Gasteiger partial charge in [-0.3, -0.25) is 0 Å². The molecule has 0 aromatic heterocycles. The standard InChI is InChI=1S/C7H3N3S/c11-4-5-2-1-3-6-7(5)9-10-8-6/h1-3H. The largest absolute Gasteiger partial charge is 0.131 e. The fraction of sp³-hybridized carbons (Fsp3) is 0. The third kappa shape index (κ3) is 0.888. The van der Waals surface area contributed by atoms with Crippen molar-refractivity contribution in [3.8, 4) is 0 Å². The number of hydrogen-bond donors (Lipinski definition) is 0. The second-order valence-corrected chi connectivity index (χ2v) is 2.27. The van der Waals surface area contributed by atoms with Gasteiger partial charge in [-0.2, -0.15) is 0 Å². The summed E-state index contributed by atoms with van der Waals surface area (Å²) in [6.45, 7) is 0. The van der Waals surface area contributed by atoms with Crippen molar-refractivity contribution in [3.05, 3.63) is 28.8 Å². The van der Waals surface area contributed by atoms with Crippen LogP contribution in [0.4, 0.5) is 5.69 Å². The second-order valence-electron chi connectivity index (χ2n) is 2.06. The van der Waals surface area contributed by atoms with E-state index in [0.29, 0.717) is 0 Å². The normalized spacial score (nSPS) is 12.0. The predicted octanol–water partition coefficient (Wildman–Crippen LogP) is 0.589. The molecule has 1 aliphatic heterocycles. The fourth-order valence-corrected chi connectivity index (χ4v) is 1.08. The molecule has 1 heterocycles. The minimum Gasteiger partial charge on any atom is -0.128 e. The van der Waals surface area contributed by atoms with E-state index >= 15 is 0 Å². The summed E-state index contributed by atoms with van der Waals surface area (Å²) in [5.41, 5.74) is 0.764. The molecule has 0 fully saturated rings. The fourth-order valence-electron chi connectivity index (χ4n) is 0.915. The van der Waals surface area contributed by atoms with Crippen LogP contribution in [0.5, 0.6) is 0 Å². The van der Waals surface area contributed by atoms with Crippen LogP contribution in [0.25, 0.3) is 0 Å². The number of thiocarbonyl (C=S) groups is 1. The molecule has 0 atom stereocenters. The van der Waals surface area contributed by atoms with Crippen LogP contribution in [0, 0.1) is 0 Å². The molecule has 0 bridgehead atoms. The van der Waals surface area contributed by atoms with Gasteiger partial charge in [-0.15, -0.1) is 10.2 Å². The van der Waals surface area contributed by atoms with Crippen molar-refractivity contribution in [2.75, 3.05) is 0 Å². The quantitative estimate of drug-likeness (QED) is 0.513. The van der Waals surface area contributed by atoms with Gasteiger partial charge in [0, 0.05) is 0 Å². The Morgan fingerprint density at radius 3 is 3.09 bits per heavy atom. The van der Waals surface area contributed by atoms with Gasteiger partial charge in [0.05, 0.1) is 5.22 Å². The molecule has 11 heavy (non-hydrogen) atoms. The third-order valence-electron chi connectivity index (χ3n) is 1.42. The number of fused-ring (bicyclic) bond motifs is 1. The highest BCUT2D eigenvalue weighted by Gasteiger charge is 2.00. The SMILES string of the molecule is S=C=c1cccc2c1=NN=N2. The van der Waals surface area contributed by atoms with Gasteiger partial charge < -0.3 is 0 Å². The van der Waals surface area contributed by atoms with Crippen molar-refractivity contribution in [1.82, 2.24) is 0 Å². The Labute approximate surface area is 67.8 Å². The van der Waals surface area contributed by atoms with Crippen LogP contribution < -0.4 is 10.6 Å². The molecule has 0 amide bonds. The Balaban J connectivity index is 3.04. The van der Waals surface area contributed by atoms with E-state index in [1.54, 1.807) is 0 Å². The number of hydrogen-bond acceptors (Lipinski definition) is 4. The average molecular weight is 161 g/mol. The van der Waals surface area contributed by atoms with E-state index in [9.17, 15) is 0 Å². The zero-order valence-corrected chi connectivity index (χ0v) is 6.30. The first kappa shape index (κ1) is 6.34. The molecule has 0 radical (unpaired) electrons. The molecular weight excluding hydrogens is 158 g/mol. The Hall–Kier alpha value is -1.38. The summed E-state index contributed by atoms with van der Waals surface area (Å²) in [4.78, 5) is 0. The summed E-state index contributed by atoms with van der Waals surface area (Å²) in [6.07, 6.45) is 0. The molecule has 4 heteroatoms. The van der Waals surface area contributed by atoms with E-state index < -0.39 is 0 Å². The van der Waals surface area contributed by atoms with E-state index in [-0.39, 0.29) is 0 Å². The molecule has 52 valence electrons. The van der Waals surface area contributed by atoms with E-state index in [2.05, 4.69) is 32.7 Å². The number of benzene rings is 1. The predicted molar refractivity (Wildman–Crippen MR) is 43.4 cm³/mol. The Kier molecular flexibility index (Phi) is 1.35. The van der Waals surface area contributed by atoms with Gasteiger partial charge in [-0.1, -0.05) is 6.07 Å². The van der Waals surface area contributed by atoms with Crippen molar-refractivity contribution < 1.29 is 0 Å². The Bertz CT molecular complexity index is 457. The van der Waals surface area contributed by atoms with Gasteiger partial charge in [-0.05, 0) is 34.6 Å². The molecule has 0 aliphatic carbocycles. The minimum atomic E-state index is 0.725. The van der Waals surface area contributed by atoms with Gasteiger partial charge in [-0.25, -0.2) is 0 Å². The molecule has 0 N–H and O–H groups in total. The molecule has 2 rings (SSSR count). The van der Waals surface area contributed by atoms with Crippen molar-refractivity contribution in [3.63, 3.8) is 0 Å². The zero-order chi connectivity index (χ0) is 7.68. The zero-order valence-electron chi connectivity index (χ0n) is 5.48. The second kappa shape index (κ2) is 2.34. The molecule has 0 spiro atoms. The van der Waals surface area contributed by atoms with Gasteiger partial charge in [0.1, 0.15) is 11.0 Å². The first-order valence-electron chi connectivity index (χ1n) is 3.05. The van der Waals surface area contributed by atoms with E-state index in [0.717, 1.165) is 16.3 Å². The van der Waals surface area contributed by atoms with Crippen LogP contribution in [0.15, 0.2) is 33.6 Å². The van der Waals surface area contributed by atoms with E-state index in [1.807, 2.05) is 18.2 Å². The Morgan fingerprint density at radius 1 is 1.36 bits per heavy atom. The van der Waals surface area contributed by atoms with Crippen LogP contribution in [0.2, 0.25) is 0 Å². The first-order valence-corrected chi connectivity index (χ1v) is 3.45. The summed E-state index contributed by atoms with van der Waals surface area (Å²) in [5, 5.41) is 15.2. The van der Waals surface area contributed by atoms with Crippen molar-refractivity contribution in [2.45, 2.75) is 0 Å². The van der Waals surface area contributed by atoms with Crippen molar-refractivity contribution >= 4 is 22.9 Å². The highest BCUT2D eigenvalue weighted by Crippen LogP contribution is 2.05. The summed E-state index contributed by atoms with van der Waals surface area (Å²) in [7, 11) is 0. The lowest BCUT2D eigenvalue weighted by Gasteiger charge is -1.83. The van der Waals surface area contributed by atoms with E-state index in [1.165, 1.54) is 0 Å². The van der Waals surface area contributed by atoms with Crippen LogP contribution >= 0.6 is 12.2 Å². The maximum absolute atomic E-state index is 4.67. The van der Waals surface area contributed by atoms with Gasteiger partial charge >= 0.3 is 0 Å². The van der Waals surface area contributed by atoms with Crippen molar-refractivity contribution in [2.24, 2.45) is 15.4 Å². The lowest BCUT2D eigenvalue weighted by molar-refractivity contribution is 1.08. The highest BCUT2D eigenvalue weighted by atomic mass is 32.1. The minimum absolute atomic E-state index is 0.725. The topological polar surface area (TPSA) is 37.1 Å². The maximum Gasteiger partial charge on any atom is 0.131 e. The smallest absolute Gasteiger partial charge is 0.128 e. The van der Waals surface area contributed by atoms with Crippen LogP contribution in [0.1, 0.15) is 0 Å².